The zero-order valence-electron chi connectivity index (χ0n) is 20.4. The second kappa shape index (κ2) is 13.8. The molecule has 2 aromatic carbocycles. The van der Waals surface area contributed by atoms with E-state index in [2.05, 4.69) is 20.4 Å². The molecule has 0 saturated heterocycles. The van der Waals surface area contributed by atoms with Crippen LogP contribution in [0.2, 0.25) is 5.02 Å². The number of esters is 1. The number of nitrogens with one attached hydrogen (secondary N) is 2. The molecule has 0 fully saturated rings. The van der Waals surface area contributed by atoms with E-state index < -0.39 is 11.8 Å². The highest BCUT2D eigenvalue weighted by Crippen LogP contribution is 2.24. The van der Waals surface area contributed by atoms with Crippen LogP contribution in [0.4, 0.5) is 21.7 Å². The lowest BCUT2D eigenvalue weighted by atomic mass is 10.2. The van der Waals surface area contributed by atoms with Gasteiger partial charge in [0.25, 0.3) is 5.56 Å². The highest BCUT2D eigenvalue weighted by atomic mass is 35.5. The molecule has 0 unspecified atom stereocenters. The number of ether oxygens (including phenoxy) is 2. The van der Waals surface area contributed by atoms with Crippen LogP contribution in [0.5, 0.6) is 5.75 Å². The fraction of sp³-hybridized carbons (Fsp3) is 0.280. The van der Waals surface area contributed by atoms with Gasteiger partial charge in [0, 0.05) is 23.8 Å². The van der Waals surface area contributed by atoms with Crippen molar-refractivity contribution in [2.75, 3.05) is 24.3 Å². The van der Waals surface area contributed by atoms with Crippen LogP contribution in [0, 0.1) is 5.82 Å². The van der Waals surface area contributed by atoms with Crippen molar-refractivity contribution in [3.05, 3.63) is 75.4 Å². The summed E-state index contributed by atoms with van der Waals surface area (Å²) in [6, 6.07) is 11.7. The fourth-order valence-electron chi connectivity index (χ4n) is 2.92. The molecule has 1 aromatic heterocycles. The van der Waals surface area contributed by atoms with Gasteiger partial charge in [0.15, 0.2) is 11.6 Å². The molecule has 0 bridgehead atoms. The Morgan fingerprint density at radius 2 is 1.92 bits per heavy atom. The number of halogens is 2. The van der Waals surface area contributed by atoms with E-state index in [-0.39, 0.29) is 36.9 Å². The summed E-state index contributed by atoms with van der Waals surface area (Å²) in [5, 5.41) is 6.47. The van der Waals surface area contributed by atoms with E-state index in [0.717, 1.165) is 5.56 Å². The molecule has 0 radical (unpaired) electrons. The molecular weight excluding hydrogens is 491 g/mol. The second-order valence-corrected chi connectivity index (χ2v) is 8.01. The number of aldehydes is 1. The topological polar surface area (TPSA) is 112 Å². The Bertz CT molecular complexity index is 1230. The van der Waals surface area contributed by atoms with E-state index in [1.807, 2.05) is 26.0 Å². The summed E-state index contributed by atoms with van der Waals surface area (Å²) in [5.74, 6) is -0.840. The molecule has 0 aliphatic rings. The Balaban J connectivity index is 0.000000572. The van der Waals surface area contributed by atoms with Crippen molar-refractivity contribution < 1.29 is 23.5 Å². The molecule has 3 rings (SSSR count). The molecule has 0 atom stereocenters. The summed E-state index contributed by atoms with van der Waals surface area (Å²) in [7, 11) is 1.65. The van der Waals surface area contributed by atoms with E-state index >= 15 is 0 Å². The third-order valence-electron chi connectivity index (χ3n) is 4.50. The largest absolute Gasteiger partial charge is 0.488 e. The Hall–Kier alpha value is -3.92. The van der Waals surface area contributed by atoms with Gasteiger partial charge in [0.2, 0.25) is 12.2 Å². The number of carbonyl (C=O) groups excluding carboxylic acids is 2. The van der Waals surface area contributed by atoms with Crippen molar-refractivity contribution in [3.63, 3.8) is 0 Å². The maximum absolute atomic E-state index is 14.3. The quantitative estimate of drug-likeness (QED) is 0.243. The molecule has 192 valence electrons. The van der Waals surface area contributed by atoms with Gasteiger partial charge >= 0.3 is 5.97 Å². The molecule has 1 heterocycles. The SMILES string of the molecule is CCOC(=O)C=O.CNc1cnc(Nc2ccc(OC(C)C)c(F)c2)n(Cc2ccc(Cl)cc2)c1=O. The zero-order chi connectivity index (χ0) is 26.7. The van der Waals surface area contributed by atoms with Crippen LogP contribution in [0.15, 0.2) is 53.5 Å². The molecular formula is C25H28ClFN4O5. The van der Waals surface area contributed by atoms with Crippen LogP contribution in [0.3, 0.4) is 0 Å². The molecule has 0 aliphatic heterocycles. The fourth-order valence-corrected chi connectivity index (χ4v) is 3.04. The highest BCUT2D eigenvalue weighted by molar-refractivity contribution is 6.30. The van der Waals surface area contributed by atoms with E-state index in [1.54, 1.807) is 38.2 Å². The third kappa shape index (κ3) is 8.38. The van der Waals surface area contributed by atoms with Crippen molar-refractivity contribution in [1.82, 2.24) is 9.55 Å². The number of anilines is 3. The summed E-state index contributed by atoms with van der Waals surface area (Å²) >= 11 is 5.94. The molecule has 3 aromatic rings. The minimum Gasteiger partial charge on any atom is -0.488 e. The van der Waals surface area contributed by atoms with Crippen LogP contribution in [-0.2, 0) is 20.9 Å². The number of aromatic nitrogens is 2. The van der Waals surface area contributed by atoms with Crippen molar-refractivity contribution in [2.24, 2.45) is 0 Å². The van der Waals surface area contributed by atoms with E-state index in [1.165, 1.54) is 16.8 Å². The first-order valence-electron chi connectivity index (χ1n) is 11.1. The van der Waals surface area contributed by atoms with Crippen LogP contribution in [-0.4, -0.2) is 41.6 Å². The number of benzene rings is 2. The zero-order valence-corrected chi connectivity index (χ0v) is 21.1. The minimum absolute atomic E-state index is 0.136. The van der Waals surface area contributed by atoms with Crippen molar-refractivity contribution in [3.8, 4) is 5.75 Å². The number of rotatable bonds is 9. The summed E-state index contributed by atoms with van der Waals surface area (Å²) in [6.07, 6.45) is 1.45. The standard InChI is InChI=1S/C21H22ClFN4O2.C4H6O3/c1-13(2)29-19-9-8-16(10-17(19)23)26-21-25-11-18(24-3)20(28)27(21)12-14-4-6-15(22)7-5-14;1-2-7-4(6)3-5/h4-11,13,24H,12H2,1-3H3,(H,25,26);3H,2H2,1H3. The number of hydrogen-bond acceptors (Lipinski definition) is 8. The molecule has 0 spiro atoms. The first kappa shape index (κ1) is 28.3. The highest BCUT2D eigenvalue weighted by Gasteiger charge is 2.13. The Morgan fingerprint density at radius 1 is 1.22 bits per heavy atom. The number of hydrogen-bond donors (Lipinski definition) is 2. The average Bonchev–Trinajstić information content (AvgIpc) is 2.84. The van der Waals surface area contributed by atoms with Gasteiger partial charge in [0.1, 0.15) is 5.69 Å². The van der Waals surface area contributed by atoms with Crippen molar-refractivity contribution in [2.45, 2.75) is 33.4 Å². The Morgan fingerprint density at radius 3 is 2.44 bits per heavy atom. The summed E-state index contributed by atoms with van der Waals surface area (Å²) < 4.78 is 25.4. The van der Waals surface area contributed by atoms with Crippen LogP contribution < -0.4 is 20.9 Å². The van der Waals surface area contributed by atoms with Crippen LogP contribution in [0.1, 0.15) is 26.3 Å². The van der Waals surface area contributed by atoms with Crippen LogP contribution in [0.25, 0.3) is 0 Å². The van der Waals surface area contributed by atoms with Gasteiger partial charge < -0.3 is 20.1 Å². The average molecular weight is 519 g/mol. The van der Waals surface area contributed by atoms with E-state index in [9.17, 15) is 18.8 Å². The van der Waals surface area contributed by atoms with Gasteiger partial charge in [-0.25, -0.2) is 14.2 Å². The summed E-state index contributed by atoms with van der Waals surface area (Å²) in [6.45, 7) is 5.83. The molecule has 0 saturated carbocycles. The lowest BCUT2D eigenvalue weighted by Gasteiger charge is -2.16. The first-order valence-corrected chi connectivity index (χ1v) is 11.4. The summed E-state index contributed by atoms with van der Waals surface area (Å²) in [4.78, 5) is 36.4. The molecule has 0 amide bonds. The molecule has 2 N–H and O–H groups in total. The smallest absolute Gasteiger partial charge is 0.371 e. The van der Waals surface area contributed by atoms with Gasteiger partial charge in [-0.1, -0.05) is 23.7 Å². The van der Waals surface area contributed by atoms with Crippen molar-refractivity contribution in [1.29, 1.82) is 0 Å². The van der Waals surface area contributed by atoms with Crippen LogP contribution >= 0.6 is 11.6 Å². The third-order valence-corrected chi connectivity index (χ3v) is 4.76. The molecule has 36 heavy (non-hydrogen) atoms. The lowest BCUT2D eigenvalue weighted by molar-refractivity contribution is -0.148. The molecule has 9 nitrogen and oxygen atoms in total. The summed E-state index contributed by atoms with van der Waals surface area (Å²) in [5.41, 5.74) is 1.44. The first-order chi connectivity index (χ1) is 17.2. The van der Waals surface area contributed by atoms with Gasteiger partial charge in [-0.05, 0) is 50.6 Å². The van der Waals surface area contributed by atoms with Crippen molar-refractivity contribution >= 4 is 41.2 Å². The van der Waals surface area contributed by atoms with Gasteiger partial charge in [-0.3, -0.25) is 14.2 Å². The Labute approximate surface area is 213 Å². The number of nitrogens with zero attached hydrogens (tertiary/aromatic N) is 2. The minimum atomic E-state index is -0.803. The van der Waals surface area contributed by atoms with Gasteiger partial charge in [-0.2, -0.15) is 0 Å². The maximum Gasteiger partial charge on any atom is 0.371 e. The van der Waals surface area contributed by atoms with Gasteiger partial charge in [-0.15, -0.1) is 0 Å². The number of carbonyl (C=O) groups is 2. The molecule has 11 heteroatoms. The normalized spacial score (nSPS) is 10.2. The van der Waals surface area contributed by atoms with E-state index in [4.69, 9.17) is 16.3 Å². The lowest BCUT2D eigenvalue weighted by Crippen LogP contribution is -2.26. The predicted molar refractivity (Wildman–Crippen MR) is 137 cm³/mol. The second-order valence-electron chi connectivity index (χ2n) is 7.57. The maximum atomic E-state index is 14.3. The predicted octanol–water partition coefficient (Wildman–Crippen LogP) is 4.41. The molecule has 0 aliphatic carbocycles. The Kier molecular flexibility index (Phi) is 10.9. The van der Waals surface area contributed by atoms with Gasteiger partial charge in [0.05, 0.1) is 25.5 Å². The van der Waals surface area contributed by atoms with E-state index in [0.29, 0.717) is 22.3 Å². The monoisotopic (exact) mass is 518 g/mol.